The topological polar surface area (TPSA) is 50.1 Å². The normalized spacial score (nSPS) is 15.3. The van der Waals surface area contributed by atoms with Gasteiger partial charge in [-0.05, 0) is 52.3 Å². The molecule has 0 saturated carbocycles. The molecular formula is C20H21BrN4O2. The Balaban J connectivity index is 1.42. The quantitative estimate of drug-likeness (QED) is 0.639. The SMILES string of the molecule is COc1ccc(N2CCN(Cc3cc(=O)n4cc(Br)ccc4n3)CC2)cc1. The lowest BCUT2D eigenvalue weighted by molar-refractivity contribution is 0.247. The molecule has 1 aliphatic heterocycles. The first-order chi connectivity index (χ1) is 13.1. The smallest absolute Gasteiger partial charge is 0.258 e. The third-order valence-electron chi connectivity index (χ3n) is 4.87. The van der Waals surface area contributed by atoms with E-state index in [1.807, 2.05) is 24.3 Å². The van der Waals surface area contributed by atoms with E-state index in [1.165, 1.54) is 5.69 Å². The van der Waals surface area contributed by atoms with Gasteiger partial charge in [0, 0.05) is 55.1 Å². The Bertz CT molecular complexity index is 995. The fraction of sp³-hybridized carbons (Fsp3) is 0.300. The molecule has 7 heteroatoms. The number of benzene rings is 1. The van der Waals surface area contributed by atoms with Gasteiger partial charge in [0.2, 0.25) is 0 Å². The molecule has 3 aromatic rings. The van der Waals surface area contributed by atoms with Crippen LogP contribution >= 0.6 is 15.9 Å². The molecule has 1 aliphatic rings. The summed E-state index contributed by atoms with van der Waals surface area (Å²) in [5, 5.41) is 0. The predicted molar refractivity (Wildman–Crippen MR) is 110 cm³/mol. The molecule has 140 valence electrons. The Morgan fingerprint density at radius 1 is 1.07 bits per heavy atom. The third-order valence-corrected chi connectivity index (χ3v) is 5.34. The lowest BCUT2D eigenvalue weighted by Crippen LogP contribution is -2.46. The molecule has 0 spiro atoms. The minimum atomic E-state index is -0.0480. The average Bonchev–Trinajstić information content (AvgIpc) is 2.69. The van der Waals surface area contributed by atoms with Crippen molar-refractivity contribution in [3.05, 3.63) is 69.2 Å². The Kier molecular flexibility index (Phi) is 5.13. The molecule has 1 saturated heterocycles. The number of fused-ring (bicyclic) bond motifs is 1. The molecule has 4 rings (SSSR count). The Morgan fingerprint density at radius 3 is 2.52 bits per heavy atom. The summed E-state index contributed by atoms with van der Waals surface area (Å²) in [5.74, 6) is 0.873. The summed E-state index contributed by atoms with van der Waals surface area (Å²) in [6.45, 7) is 4.47. The molecule has 0 bridgehead atoms. The lowest BCUT2D eigenvalue weighted by atomic mass is 10.2. The van der Waals surface area contributed by atoms with Gasteiger partial charge in [0.25, 0.3) is 5.56 Å². The second-order valence-electron chi connectivity index (χ2n) is 6.62. The van der Waals surface area contributed by atoms with Gasteiger partial charge in [0.1, 0.15) is 11.4 Å². The van der Waals surface area contributed by atoms with Gasteiger partial charge in [-0.15, -0.1) is 0 Å². The maximum Gasteiger partial charge on any atom is 0.258 e. The summed E-state index contributed by atoms with van der Waals surface area (Å²) in [4.78, 5) is 21.7. The maximum atomic E-state index is 12.3. The molecule has 2 aromatic heterocycles. The average molecular weight is 429 g/mol. The second kappa shape index (κ2) is 7.70. The highest BCUT2D eigenvalue weighted by Gasteiger charge is 2.18. The molecule has 0 unspecified atom stereocenters. The van der Waals surface area contributed by atoms with E-state index in [0.29, 0.717) is 12.2 Å². The van der Waals surface area contributed by atoms with Crippen molar-refractivity contribution in [2.24, 2.45) is 0 Å². The molecule has 0 atom stereocenters. The van der Waals surface area contributed by atoms with E-state index < -0.39 is 0 Å². The first kappa shape index (κ1) is 18.0. The van der Waals surface area contributed by atoms with Gasteiger partial charge in [-0.1, -0.05) is 0 Å². The zero-order valence-electron chi connectivity index (χ0n) is 15.1. The highest BCUT2D eigenvalue weighted by Crippen LogP contribution is 2.21. The fourth-order valence-electron chi connectivity index (χ4n) is 3.39. The predicted octanol–water partition coefficient (Wildman–Crippen LogP) is 2.79. The van der Waals surface area contributed by atoms with Crippen LogP contribution < -0.4 is 15.2 Å². The molecule has 6 nitrogen and oxygen atoms in total. The van der Waals surface area contributed by atoms with Crippen molar-refractivity contribution in [2.75, 3.05) is 38.2 Å². The lowest BCUT2D eigenvalue weighted by Gasteiger charge is -2.36. The minimum Gasteiger partial charge on any atom is -0.497 e. The number of piperazine rings is 1. The molecule has 3 heterocycles. The van der Waals surface area contributed by atoms with Gasteiger partial charge in [0.05, 0.1) is 12.8 Å². The van der Waals surface area contributed by atoms with Gasteiger partial charge in [-0.3, -0.25) is 14.1 Å². The number of rotatable bonds is 4. The van der Waals surface area contributed by atoms with Crippen LogP contribution in [0.1, 0.15) is 5.69 Å². The number of anilines is 1. The number of pyridine rings is 1. The van der Waals surface area contributed by atoms with Crippen molar-refractivity contribution in [3.8, 4) is 5.75 Å². The first-order valence-electron chi connectivity index (χ1n) is 8.91. The highest BCUT2D eigenvalue weighted by molar-refractivity contribution is 9.10. The van der Waals surface area contributed by atoms with E-state index >= 15 is 0 Å². The number of hydrogen-bond acceptors (Lipinski definition) is 5. The van der Waals surface area contributed by atoms with Crippen LogP contribution in [0.4, 0.5) is 5.69 Å². The summed E-state index contributed by atoms with van der Waals surface area (Å²) in [5.41, 5.74) is 2.66. The summed E-state index contributed by atoms with van der Waals surface area (Å²) >= 11 is 3.39. The van der Waals surface area contributed by atoms with E-state index in [-0.39, 0.29) is 5.56 Å². The summed E-state index contributed by atoms with van der Waals surface area (Å²) < 4.78 is 7.65. The number of methoxy groups -OCH3 is 1. The van der Waals surface area contributed by atoms with Crippen LogP contribution in [-0.4, -0.2) is 47.6 Å². The number of hydrogen-bond donors (Lipinski definition) is 0. The standard InChI is InChI=1S/C20H21BrN4O2/c1-27-18-5-3-17(4-6-18)24-10-8-23(9-11-24)14-16-12-20(26)25-13-15(21)2-7-19(25)22-16/h2-7,12-13H,8-11,14H2,1H3. The Morgan fingerprint density at radius 2 is 1.81 bits per heavy atom. The summed E-state index contributed by atoms with van der Waals surface area (Å²) in [7, 11) is 1.68. The zero-order valence-corrected chi connectivity index (χ0v) is 16.7. The maximum absolute atomic E-state index is 12.3. The monoisotopic (exact) mass is 428 g/mol. The molecule has 0 amide bonds. The number of nitrogens with zero attached hydrogens (tertiary/aromatic N) is 4. The van der Waals surface area contributed by atoms with Crippen molar-refractivity contribution in [2.45, 2.75) is 6.54 Å². The van der Waals surface area contributed by atoms with Gasteiger partial charge in [-0.2, -0.15) is 0 Å². The van der Waals surface area contributed by atoms with Crippen LogP contribution in [-0.2, 0) is 6.54 Å². The molecule has 1 fully saturated rings. The Hall–Kier alpha value is -2.38. The second-order valence-corrected chi connectivity index (χ2v) is 7.54. The van der Waals surface area contributed by atoms with Crippen molar-refractivity contribution < 1.29 is 4.74 Å². The van der Waals surface area contributed by atoms with Crippen LogP contribution in [0.3, 0.4) is 0 Å². The molecule has 0 aliphatic carbocycles. The van der Waals surface area contributed by atoms with Crippen LogP contribution in [0, 0.1) is 0 Å². The van der Waals surface area contributed by atoms with Gasteiger partial charge in [0.15, 0.2) is 0 Å². The van der Waals surface area contributed by atoms with Crippen LogP contribution in [0.2, 0.25) is 0 Å². The number of aromatic nitrogens is 2. The fourth-order valence-corrected chi connectivity index (χ4v) is 3.73. The van der Waals surface area contributed by atoms with Crippen molar-refractivity contribution in [1.29, 1.82) is 0 Å². The van der Waals surface area contributed by atoms with Crippen LogP contribution in [0.25, 0.3) is 5.65 Å². The van der Waals surface area contributed by atoms with Crippen molar-refractivity contribution in [1.82, 2.24) is 14.3 Å². The third kappa shape index (κ3) is 3.99. The highest BCUT2D eigenvalue weighted by atomic mass is 79.9. The molecule has 0 N–H and O–H groups in total. The van der Waals surface area contributed by atoms with Crippen molar-refractivity contribution in [3.63, 3.8) is 0 Å². The van der Waals surface area contributed by atoms with E-state index in [1.54, 1.807) is 23.8 Å². The summed E-state index contributed by atoms with van der Waals surface area (Å²) in [6, 6.07) is 13.6. The number of ether oxygens (including phenoxy) is 1. The zero-order chi connectivity index (χ0) is 18.8. The van der Waals surface area contributed by atoms with Gasteiger partial charge < -0.3 is 9.64 Å². The van der Waals surface area contributed by atoms with E-state index in [0.717, 1.165) is 42.1 Å². The van der Waals surface area contributed by atoms with Crippen molar-refractivity contribution >= 4 is 27.3 Å². The van der Waals surface area contributed by atoms with Gasteiger partial charge in [-0.25, -0.2) is 4.98 Å². The number of halogens is 1. The summed E-state index contributed by atoms with van der Waals surface area (Å²) in [6.07, 6.45) is 1.75. The van der Waals surface area contributed by atoms with E-state index in [9.17, 15) is 4.79 Å². The largest absolute Gasteiger partial charge is 0.497 e. The first-order valence-corrected chi connectivity index (χ1v) is 9.71. The molecule has 1 aromatic carbocycles. The molecule has 27 heavy (non-hydrogen) atoms. The van der Waals surface area contributed by atoms with E-state index in [4.69, 9.17) is 4.74 Å². The minimum absolute atomic E-state index is 0.0480. The molecular weight excluding hydrogens is 408 g/mol. The Labute approximate surface area is 166 Å². The van der Waals surface area contributed by atoms with Gasteiger partial charge >= 0.3 is 0 Å². The van der Waals surface area contributed by atoms with Crippen LogP contribution in [0.5, 0.6) is 5.75 Å². The van der Waals surface area contributed by atoms with Crippen LogP contribution in [0.15, 0.2) is 57.9 Å². The molecule has 0 radical (unpaired) electrons. The van der Waals surface area contributed by atoms with E-state index in [2.05, 4.69) is 42.8 Å².